The molecule has 0 aromatic carbocycles. The molecule has 0 rings (SSSR count). The second-order valence-electron chi connectivity index (χ2n) is 4.10. The molecule has 3 nitrogen and oxygen atoms in total. The van der Waals surface area contributed by atoms with Gasteiger partial charge in [-0.2, -0.15) is 0 Å². The van der Waals surface area contributed by atoms with Gasteiger partial charge in [-0.15, -0.1) is 0 Å². The summed E-state index contributed by atoms with van der Waals surface area (Å²) in [6.45, 7) is 5.89. The van der Waals surface area contributed by atoms with E-state index in [1.54, 1.807) is 0 Å². The number of hydrogen-bond acceptors (Lipinski definition) is 3. The maximum atomic E-state index is 11.4. The number of nitrogens with two attached hydrogens (primary N) is 1. The summed E-state index contributed by atoms with van der Waals surface area (Å²) in [5.41, 5.74) is 5.49. The third-order valence-corrected chi connectivity index (χ3v) is 3.61. The Morgan fingerprint density at radius 1 is 1.08 bits per heavy atom. The Balaban J connectivity index is 3.81. The van der Waals surface area contributed by atoms with Crippen LogP contribution in [0.25, 0.3) is 0 Å². The Morgan fingerprint density at radius 3 is 1.92 bits per heavy atom. The van der Waals surface area contributed by atoms with Gasteiger partial charge in [0.25, 0.3) is 0 Å². The molecule has 0 aliphatic rings. The summed E-state index contributed by atoms with van der Waals surface area (Å²) in [7, 11) is -2.85. The van der Waals surface area contributed by atoms with E-state index < -0.39 is 9.84 Å². The number of rotatable bonds is 6. The Hall–Kier alpha value is -0.0900. The van der Waals surface area contributed by atoms with Gasteiger partial charge in [0.05, 0.1) is 11.5 Å². The second kappa shape index (κ2) is 5.60. The Bertz CT molecular complexity index is 202. The van der Waals surface area contributed by atoms with E-state index in [0.29, 0.717) is 18.1 Å². The smallest absolute Gasteiger partial charge is 0.150 e. The van der Waals surface area contributed by atoms with Crippen molar-refractivity contribution in [1.29, 1.82) is 0 Å². The minimum absolute atomic E-state index is 0.0196. The highest BCUT2D eigenvalue weighted by molar-refractivity contribution is 7.91. The van der Waals surface area contributed by atoms with E-state index in [-0.39, 0.29) is 11.8 Å². The molecule has 0 spiro atoms. The minimum Gasteiger partial charge on any atom is -0.328 e. The maximum absolute atomic E-state index is 11.4. The zero-order valence-electron chi connectivity index (χ0n) is 8.79. The molecule has 1 atom stereocenters. The van der Waals surface area contributed by atoms with Crippen molar-refractivity contribution in [1.82, 2.24) is 0 Å². The first kappa shape index (κ1) is 12.9. The quantitative estimate of drug-likeness (QED) is 0.711. The first-order valence-corrected chi connectivity index (χ1v) is 6.61. The van der Waals surface area contributed by atoms with Crippen molar-refractivity contribution in [3.63, 3.8) is 0 Å². The van der Waals surface area contributed by atoms with Crippen LogP contribution in [0, 0.1) is 5.92 Å². The molecule has 0 aromatic heterocycles. The lowest BCUT2D eigenvalue weighted by atomic mass is 10.2. The highest BCUT2D eigenvalue weighted by Crippen LogP contribution is 2.05. The Kier molecular flexibility index (Phi) is 5.56. The fourth-order valence-electron chi connectivity index (χ4n) is 0.883. The zero-order chi connectivity index (χ0) is 10.5. The van der Waals surface area contributed by atoms with Crippen LogP contribution >= 0.6 is 0 Å². The molecule has 0 aliphatic heterocycles. The van der Waals surface area contributed by atoms with E-state index in [1.165, 1.54) is 0 Å². The van der Waals surface area contributed by atoms with Crippen LogP contribution in [0.5, 0.6) is 0 Å². The lowest BCUT2D eigenvalue weighted by molar-refractivity contribution is 0.567. The van der Waals surface area contributed by atoms with Crippen LogP contribution in [0.2, 0.25) is 0 Å². The third-order valence-electron chi connectivity index (χ3n) is 1.89. The van der Waals surface area contributed by atoms with Crippen molar-refractivity contribution in [3.8, 4) is 0 Å². The molecule has 0 fully saturated rings. The van der Waals surface area contributed by atoms with Gasteiger partial charge in [0.15, 0.2) is 0 Å². The van der Waals surface area contributed by atoms with Gasteiger partial charge in [-0.3, -0.25) is 0 Å². The minimum atomic E-state index is -2.85. The summed E-state index contributed by atoms with van der Waals surface area (Å²) < 4.78 is 22.8. The lowest BCUT2D eigenvalue weighted by Gasteiger charge is -2.07. The van der Waals surface area contributed by atoms with E-state index in [0.717, 1.165) is 6.42 Å². The van der Waals surface area contributed by atoms with Crippen LogP contribution in [0.1, 0.15) is 33.6 Å². The van der Waals surface area contributed by atoms with Crippen LogP contribution in [-0.2, 0) is 9.84 Å². The summed E-state index contributed by atoms with van der Waals surface area (Å²) >= 11 is 0. The van der Waals surface area contributed by atoms with Crippen molar-refractivity contribution >= 4 is 9.84 Å². The van der Waals surface area contributed by atoms with Crippen molar-refractivity contribution in [2.75, 3.05) is 11.5 Å². The molecule has 0 aromatic rings. The second-order valence-corrected chi connectivity index (χ2v) is 6.40. The van der Waals surface area contributed by atoms with Gasteiger partial charge in [0, 0.05) is 6.04 Å². The largest absolute Gasteiger partial charge is 0.328 e. The third kappa shape index (κ3) is 8.25. The van der Waals surface area contributed by atoms with Gasteiger partial charge in [-0.05, 0) is 25.7 Å². The standard InChI is InChI=1S/C9H21NO2S/c1-8(2)4-6-13(11,12)7-5-9(3)10/h8-9H,4-7,10H2,1-3H3. The average molecular weight is 207 g/mol. The molecule has 4 heteroatoms. The van der Waals surface area contributed by atoms with Crippen molar-refractivity contribution < 1.29 is 8.42 Å². The highest BCUT2D eigenvalue weighted by Gasteiger charge is 2.12. The molecule has 13 heavy (non-hydrogen) atoms. The molecular weight excluding hydrogens is 186 g/mol. The Morgan fingerprint density at radius 2 is 1.54 bits per heavy atom. The molecule has 2 N–H and O–H groups in total. The molecule has 0 bridgehead atoms. The van der Waals surface area contributed by atoms with Gasteiger partial charge in [0.1, 0.15) is 9.84 Å². The number of hydrogen-bond donors (Lipinski definition) is 1. The maximum Gasteiger partial charge on any atom is 0.150 e. The van der Waals surface area contributed by atoms with E-state index >= 15 is 0 Å². The van der Waals surface area contributed by atoms with Crippen LogP contribution in [0.3, 0.4) is 0 Å². The Labute approximate surface area is 81.6 Å². The fraction of sp³-hybridized carbons (Fsp3) is 1.00. The molecular formula is C9H21NO2S. The summed E-state index contributed by atoms with van der Waals surface area (Å²) in [6.07, 6.45) is 1.32. The number of sulfone groups is 1. The molecule has 1 unspecified atom stereocenters. The van der Waals surface area contributed by atoms with Crippen LogP contribution in [0.15, 0.2) is 0 Å². The van der Waals surface area contributed by atoms with Crippen molar-refractivity contribution in [2.24, 2.45) is 11.7 Å². The first-order chi connectivity index (χ1) is 5.83. The molecule has 0 saturated carbocycles. The van der Waals surface area contributed by atoms with Gasteiger partial charge >= 0.3 is 0 Å². The van der Waals surface area contributed by atoms with Gasteiger partial charge in [0.2, 0.25) is 0 Å². The van der Waals surface area contributed by atoms with Crippen LogP contribution in [0.4, 0.5) is 0 Å². The van der Waals surface area contributed by atoms with Gasteiger partial charge < -0.3 is 5.73 Å². The average Bonchev–Trinajstić information content (AvgIpc) is 1.98. The molecule has 0 amide bonds. The predicted octanol–water partition coefficient (Wildman–Crippen LogP) is 1.18. The SMILES string of the molecule is CC(C)CCS(=O)(=O)CCC(C)N. The predicted molar refractivity (Wildman–Crippen MR) is 56.4 cm³/mol. The zero-order valence-corrected chi connectivity index (χ0v) is 9.60. The molecule has 0 saturated heterocycles. The van der Waals surface area contributed by atoms with E-state index in [2.05, 4.69) is 0 Å². The highest BCUT2D eigenvalue weighted by atomic mass is 32.2. The summed E-state index contributed by atoms with van der Waals surface area (Å²) in [4.78, 5) is 0. The van der Waals surface area contributed by atoms with E-state index in [4.69, 9.17) is 5.73 Å². The molecule has 0 heterocycles. The summed E-state index contributed by atoms with van der Waals surface area (Å²) in [5.74, 6) is 0.986. The van der Waals surface area contributed by atoms with Gasteiger partial charge in [-0.25, -0.2) is 8.42 Å². The molecule has 0 radical (unpaired) electrons. The van der Waals surface area contributed by atoms with Crippen LogP contribution < -0.4 is 5.73 Å². The molecule has 80 valence electrons. The lowest BCUT2D eigenvalue weighted by Crippen LogP contribution is -2.21. The summed E-state index contributed by atoms with van der Waals surface area (Å²) in [6, 6.07) is -0.0196. The fourth-order valence-corrected chi connectivity index (χ4v) is 2.65. The first-order valence-electron chi connectivity index (χ1n) is 4.79. The van der Waals surface area contributed by atoms with E-state index in [9.17, 15) is 8.42 Å². The van der Waals surface area contributed by atoms with Gasteiger partial charge in [-0.1, -0.05) is 13.8 Å². The monoisotopic (exact) mass is 207 g/mol. The van der Waals surface area contributed by atoms with Crippen molar-refractivity contribution in [2.45, 2.75) is 39.7 Å². The van der Waals surface area contributed by atoms with Crippen LogP contribution in [-0.4, -0.2) is 26.0 Å². The molecule has 0 aliphatic carbocycles. The topological polar surface area (TPSA) is 60.2 Å². The van der Waals surface area contributed by atoms with E-state index in [1.807, 2.05) is 20.8 Å². The normalized spacial score (nSPS) is 14.8. The summed E-state index contributed by atoms with van der Waals surface area (Å²) in [5, 5.41) is 0. The van der Waals surface area contributed by atoms with Crippen molar-refractivity contribution in [3.05, 3.63) is 0 Å².